The SMILES string of the molecule is CCC(C)N(CC(=O)N(Cc1cccn1C)CC(C)C)C(=O)c1cccs1. The molecule has 6 heteroatoms. The standard InChI is InChI=1S/C21H31N3O2S/c1-6-17(4)24(21(26)19-10-8-12-27-19)15-20(25)23(13-16(2)3)14-18-9-7-11-22(18)5/h7-12,16-17H,6,13-15H2,1-5H3. The number of carbonyl (C=O) groups is 2. The van der Waals surface area contributed by atoms with Crippen molar-refractivity contribution in [2.45, 2.75) is 46.7 Å². The zero-order valence-electron chi connectivity index (χ0n) is 17.0. The summed E-state index contributed by atoms with van der Waals surface area (Å²) >= 11 is 1.42. The van der Waals surface area contributed by atoms with Crippen LogP contribution in [0.4, 0.5) is 0 Å². The Labute approximate surface area is 166 Å². The summed E-state index contributed by atoms with van der Waals surface area (Å²) in [5.74, 6) is 0.297. The molecule has 0 radical (unpaired) electrons. The van der Waals surface area contributed by atoms with Crippen molar-refractivity contribution < 1.29 is 9.59 Å². The highest BCUT2D eigenvalue weighted by Gasteiger charge is 2.26. The molecule has 148 valence electrons. The lowest BCUT2D eigenvalue weighted by Crippen LogP contribution is -2.47. The summed E-state index contributed by atoms with van der Waals surface area (Å²) in [4.78, 5) is 30.3. The van der Waals surface area contributed by atoms with Crippen LogP contribution in [0.1, 0.15) is 49.5 Å². The van der Waals surface area contributed by atoms with E-state index in [-0.39, 0.29) is 24.4 Å². The third-order valence-corrected chi connectivity index (χ3v) is 5.62. The Morgan fingerprint density at radius 3 is 2.44 bits per heavy atom. The van der Waals surface area contributed by atoms with Crippen LogP contribution in [0.25, 0.3) is 0 Å². The number of aryl methyl sites for hydroxylation is 1. The third-order valence-electron chi connectivity index (χ3n) is 4.76. The fraction of sp³-hybridized carbons (Fsp3) is 0.524. The van der Waals surface area contributed by atoms with Crippen LogP contribution in [0.15, 0.2) is 35.8 Å². The van der Waals surface area contributed by atoms with Gasteiger partial charge in [-0.3, -0.25) is 9.59 Å². The van der Waals surface area contributed by atoms with E-state index in [2.05, 4.69) is 13.8 Å². The molecule has 0 aliphatic rings. The molecule has 1 unspecified atom stereocenters. The molecule has 2 rings (SSSR count). The van der Waals surface area contributed by atoms with Crippen LogP contribution in [0, 0.1) is 5.92 Å². The van der Waals surface area contributed by atoms with Crippen molar-refractivity contribution in [1.29, 1.82) is 0 Å². The summed E-state index contributed by atoms with van der Waals surface area (Å²) < 4.78 is 2.03. The van der Waals surface area contributed by atoms with Crippen LogP contribution in [-0.2, 0) is 18.4 Å². The van der Waals surface area contributed by atoms with Gasteiger partial charge in [-0.2, -0.15) is 0 Å². The number of nitrogens with zero attached hydrogens (tertiary/aromatic N) is 3. The molecule has 0 fully saturated rings. The van der Waals surface area contributed by atoms with Gasteiger partial charge < -0.3 is 14.4 Å². The third kappa shape index (κ3) is 5.70. The Balaban J connectivity index is 2.18. The van der Waals surface area contributed by atoms with Crippen LogP contribution < -0.4 is 0 Å². The summed E-state index contributed by atoms with van der Waals surface area (Å²) in [6.45, 7) is 9.60. The maximum atomic E-state index is 13.1. The van der Waals surface area contributed by atoms with Crippen molar-refractivity contribution in [3.05, 3.63) is 46.4 Å². The fourth-order valence-electron chi connectivity index (χ4n) is 2.99. The lowest BCUT2D eigenvalue weighted by Gasteiger charge is -2.31. The molecule has 0 aliphatic carbocycles. The molecule has 0 aliphatic heterocycles. The monoisotopic (exact) mass is 389 g/mol. The van der Waals surface area contributed by atoms with Gasteiger partial charge in [0.2, 0.25) is 5.91 Å². The molecule has 2 aromatic rings. The van der Waals surface area contributed by atoms with Gasteiger partial charge in [-0.15, -0.1) is 11.3 Å². The molecule has 0 bridgehead atoms. The van der Waals surface area contributed by atoms with Crippen LogP contribution in [0.3, 0.4) is 0 Å². The van der Waals surface area contributed by atoms with Gasteiger partial charge >= 0.3 is 0 Å². The predicted octanol–water partition coefficient (Wildman–Crippen LogP) is 4.01. The molecule has 5 nitrogen and oxygen atoms in total. The van der Waals surface area contributed by atoms with E-state index in [1.54, 1.807) is 4.90 Å². The minimum atomic E-state index is -0.0592. The number of rotatable bonds is 9. The number of hydrogen-bond acceptors (Lipinski definition) is 3. The minimum Gasteiger partial charge on any atom is -0.353 e. The number of thiophene rings is 1. The second-order valence-electron chi connectivity index (χ2n) is 7.45. The summed E-state index contributed by atoms with van der Waals surface area (Å²) in [7, 11) is 1.99. The number of amides is 2. The van der Waals surface area contributed by atoms with Gasteiger partial charge in [0, 0.05) is 31.5 Å². The average molecular weight is 390 g/mol. The topological polar surface area (TPSA) is 45.6 Å². The average Bonchev–Trinajstić information content (AvgIpc) is 3.29. The molecule has 2 amide bonds. The van der Waals surface area contributed by atoms with Crippen molar-refractivity contribution in [3.8, 4) is 0 Å². The largest absolute Gasteiger partial charge is 0.353 e. The van der Waals surface area contributed by atoms with Crippen molar-refractivity contribution in [2.75, 3.05) is 13.1 Å². The molecule has 1 atom stereocenters. The first kappa shape index (κ1) is 21.2. The van der Waals surface area contributed by atoms with E-state index in [4.69, 9.17) is 0 Å². The highest BCUT2D eigenvalue weighted by molar-refractivity contribution is 7.12. The highest BCUT2D eigenvalue weighted by Crippen LogP contribution is 2.17. The maximum absolute atomic E-state index is 13.1. The van der Waals surface area contributed by atoms with Crippen molar-refractivity contribution >= 4 is 23.2 Å². The maximum Gasteiger partial charge on any atom is 0.264 e. The zero-order chi connectivity index (χ0) is 20.0. The molecule has 0 saturated heterocycles. The Morgan fingerprint density at radius 1 is 1.19 bits per heavy atom. The molecule has 0 saturated carbocycles. The van der Waals surface area contributed by atoms with Gasteiger partial charge in [0.1, 0.15) is 6.54 Å². The Hall–Kier alpha value is -2.08. The fourth-order valence-corrected chi connectivity index (χ4v) is 3.67. The number of carbonyl (C=O) groups excluding carboxylic acids is 2. The van der Waals surface area contributed by atoms with E-state index in [9.17, 15) is 9.59 Å². The normalized spacial score (nSPS) is 12.2. The van der Waals surface area contributed by atoms with E-state index >= 15 is 0 Å². The van der Waals surface area contributed by atoms with Gasteiger partial charge in [0.05, 0.1) is 11.4 Å². The molecule has 0 aromatic carbocycles. The van der Waals surface area contributed by atoms with Crippen molar-refractivity contribution in [2.24, 2.45) is 13.0 Å². The minimum absolute atomic E-state index is 0.00453. The van der Waals surface area contributed by atoms with Crippen molar-refractivity contribution in [3.63, 3.8) is 0 Å². The second kappa shape index (κ2) is 9.74. The molecule has 27 heavy (non-hydrogen) atoms. The second-order valence-corrected chi connectivity index (χ2v) is 8.39. The Bertz CT molecular complexity index is 736. The summed E-state index contributed by atoms with van der Waals surface area (Å²) in [6.07, 6.45) is 2.80. The Morgan fingerprint density at radius 2 is 1.93 bits per heavy atom. The molecule has 2 heterocycles. The quantitative estimate of drug-likeness (QED) is 0.650. The lowest BCUT2D eigenvalue weighted by molar-refractivity contribution is -0.133. The van der Waals surface area contributed by atoms with E-state index in [0.29, 0.717) is 23.9 Å². The van der Waals surface area contributed by atoms with Crippen LogP contribution >= 0.6 is 11.3 Å². The molecule has 2 aromatic heterocycles. The van der Waals surface area contributed by atoms with Gasteiger partial charge in [-0.05, 0) is 42.8 Å². The summed E-state index contributed by atoms with van der Waals surface area (Å²) in [5.41, 5.74) is 1.09. The first-order valence-electron chi connectivity index (χ1n) is 9.55. The number of hydrogen-bond donors (Lipinski definition) is 0. The molecular weight excluding hydrogens is 358 g/mol. The van der Waals surface area contributed by atoms with Gasteiger partial charge in [-0.25, -0.2) is 0 Å². The zero-order valence-corrected chi connectivity index (χ0v) is 17.8. The van der Waals surface area contributed by atoms with Crippen LogP contribution in [0.5, 0.6) is 0 Å². The first-order chi connectivity index (χ1) is 12.8. The van der Waals surface area contributed by atoms with Crippen molar-refractivity contribution in [1.82, 2.24) is 14.4 Å². The van der Waals surface area contributed by atoms with Crippen LogP contribution in [-0.4, -0.2) is 45.3 Å². The molecule has 0 spiro atoms. The van der Waals surface area contributed by atoms with Gasteiger partial charge in [-0.1, -0.05) is 26.8 Å². The van der Waals surface area contributed by atoms with E-state index in [1.165, 1.54) is 11.3 Å². The van der Waals surface area contributed by atoms with Crippen LogP contribution in [0.2, 0.25) is 0 Å². The van der Waals surface area contributed by atoms with E-state index in [0.717, 1.165) is 12.1 Å². The Kier molecular flexibility index (Phi) is 7.66. The molecular formula is C21H31N3O2S. The highest BCUT2D eigenvalue weighted by atomic mass is 32.1. The molecule has 0 N–H and O–H groups in total. The lowest BCUT2D eigenvalue weighted by atomic mass is 10.1. The first-order valence-corrected chi connectivity index (χ1v) is 10.4. The predicted molar refractivity (Wildman–Crippen MR) is 111 cm³/mol. The van der Waals surface area contributed by atoms with Gasteiger partial charge in [0.25, 0.3) is 5.91 Å². The summed E-state index contributed by atoms with van der Waals surface area (Å²) in [5, 5.41) is 1.89. The van der Waals surface area contributed by atoms with E-state index in [1.807, 2.05) is 66.2 Å². The smallest absolute Gasteiger partial charge is 0.264 e. The number of aromatic nitrogens is 1. The summed E-state index contributed by atoms with van der Waals surface area (Å²) in [6, 6.07) is 7.72. The van der Waals surface area contributed by atoms with Gasteiger partial charge in [0.15, 0.2) is 0 Å². The van der Waals surface area contributed by atoms with E-state index < -0.39 is 0 Å².